The van der Waals surface area contributed by atoms with Crippen LogP contribution in [0, 0.1) is 0 Å². The Morgan fingerprint density at radius 1 is 0.667 bits per heavy atom. The van der Waals surface area contributed by atoms with Crippen molar-refractivity contribution in [1.82, 2.24) is 0 Å². The summed E-state index contributed by atoms with van der Waals surface area (Å²) in [6.07, 6.45) is 0. The van der Waals surface area contributed by atoms with Crippen LogP contribution in [0.5, 0.6) is 0 Å². The molecule has 0 aromatic rings. The van der Waals surface area contributed by atoms with Gasteiger partial charge in [0, 0.05) is 0 Å². The number of hydrogen-bond donors (Lipinski definition) is 0. The first kappa shape index (κ1) is 23.5. The molecule has 12 heavy (non-hydrogen) atoms. The van der Waals surface area contributed by atoms with Crippen LogP contribution in [0.4, 0.5) is 0 Å². The Labute approximate surface area is 100 Å². The maximum absolute atomic E-state index is 8.55. The zero-order chi connectivity index (χ0) is 9.00. The molecule has 0 saturated heterocycles. The zero-order valence-corrected chi connectivity index (χ0v) is 10.4. The summed E-state index contributed by atoms with van der Waals surface area (Å²) in [7, 11) is -10.8. The van der Waals surface area contributed by atoms with Crippen molar-refractivity contribution < 1.29 is 85.1 Å². The number of hydrogen-bond acceptors (Lipinski definition) is 8. The minimum atomic E-state index is -5.39. The van der Waals surface area contributed by atoms with Crippen molar-refractivity contribution in [3.63, 3.8) is 0 Å². The molecule has 0 aliphatic rings. The summed E-state index contributed by atoms with van der Waals surface area (Å²) in [6, 6.07) is 0. The molecule has 0 fully saturated rings. The molecule has 0 N–H and O–H groups in total. The normalized spacial score (nSPS) is 9.83. The van der Waals surface area contributed by atoms with Crippen LogP contribution in [0.1, 0.15) is 0 Å². The Bertz CT molecular complexity index is 129. The average Bonchev–Trinajstić information content (AvgIpc) is 1.12. The molecule has 0 spiro atoms. The van der Waals surface area contributed by atoms with Gasteiger partial charge in [0.1, 0.15) is 0 Å². The van der Waals surface area contributed by atoms with E-state index in [1.54, 1.807) is 0 Å². The summed E-state index contributed by atoms with van der Waals surface area (Å²) in [5.41, 5.74) is 0. The maximum atomic E-state index is 8.55. The smallest absolute Gasteiger partial charge is 0.822 e. The van der Waals surface area contributed by atoms with E-state index in [0.29, 0.717) is 0 Å². The van der Waals surface area contributed by atoms with Gasteiger partial charge < -0.3 is 38.5 Å². The van der Waals surface area contributed by atoms with Crippen molar-refractivity contribution in [3.05, 3.63) is 0 Å². The Morgan fingerprint density at radius 2 is 0.667 bits per heavy atom. The van der Waals surface area contributed by atoms with Crippen LogP contribution in [-0.4, -0.2) is 0 Å². The first-order chi connectivity index (χ1) is 4.00. The van der Waals surface area contributed by atoms with E-state index in [9.17, 15) is 0 Å². The second-order valence-corrected chi connectivity index (χ2v) is 2.68. The van der Waals surface area contributed by atoms with Gasteiger partial charge in [-0.25, -0.2) is 0 Å². The average molecular weight is 269 g/mol. The SMILES string of the molecule is O=P([O-])([O-])[O-].O=P([O-])([O-])[O-].[Fe+2].[Na+]. The quantitative estimate of drug-likeness (QED) is 0.307. The van der Waals surface area contributed by atoms with Gasteiger partial charge in [-0.2, -0.15) is 15.6 Å². The zero-order valence-electron chi connectivity index (χ0n) is 5.51. The fourth-order valence-electron chi connectivity index (χ4n) is 0. The van der Waals surface area contributed by atoms with Crippen molar-refractivity contribution in [2.75, 3.05) is 0 Å². The van der Waals surface area contributed by atoms with Crippen molar-refractivity contribution in [3.8, 4) is 0 Å². The standard InChI is InChI=1S/Fe.Na.2H3O4P/c;;2*1-5(2,3)4/h;;2*(H3,1,2,3,4)/q+2;+1;;/p-6. The van der Waals surface area contributed by atoms with Crippen LogP contribution in [0.3, 0.4) is 0 Å². The first-order valence-electron chi connectivity index (χ1n) is 1.46. The predicted molar refractivity (Wildman–Crippen MR) is 15.2 cm³/mol. The van der Waals surface area contributed by atoms with E-state index in [0.717, 1.165) is 0 Å². The van der Waals surface area contributed by atoms with E-state index in [1.165, 1.54) is 0 Å². The summed E-state index contributed by atoms with van der Waals surface area (Å²) >= 11 is 0. The third kappa shape index (κ3) is 447. The Morgan fingerprint density at radius 3 is 0.667 bits per heavy atom. The van der Waals surface area contributed by atoms with Crippen molar-refractivity contribution >= 4 is 15.6 Å². The van der Waals surface area contributed by atoms with Gasteiger partial charge in [-0.15, -0.1) is 0 Å². The van der Waals surface area contributed by atoms with Crippen molar-refractivity contribution in [2.24, 2.45) is 0 Å². The van der Waals surface area contributed by atoms with Gasteiger partial charge >= 0.3 is 46.6 Å². The summed E-state index contributed by atoms with van der Waals surface area (Å²) in [5, 5.41) is 0. The van der Waals surface area contributed by atoms with Gasteiger partial charge in [-0.05, 0) is 0 Å². The molecule has 0 atom stereocenters. The van der Waals surface area contributed by atoms with E-state index in [-0.39, 0.29) is 46.6 Å². The largest absolute Gasteiger partial charge is 2.00 e. The van der Waals surface area contributed by atoms with Crippen LogP contribution in [0.15, 0.2) is 0 Å². The Balaban J connectivity index is -0.0000000457. The monoisotopic (exact) mass is 269 g/mol. The molecule has 0 amide bonds. The van der Waals surface area contributed by atoms with Gasteiger partial charge in [0.15, 0.2) is 0 Å². The molecule has 0 radical (unpaired) electrons. The molecule has 0 rings (SSSR count). The summed E-state index contributed by atoms with van der Waals surface area (Å²) in [5.74, 6) is 0. The molecule has 0 aliphatic heterocycles. The van der Waals surface area contributed by atoms with Crippen LogP contribution in [0.2, 0.25) is 0 Å². The maximum Gasteiger partial charge on any atom is 2.00 e. The van der Waals surface area contributed by atoms with Gasteiger partial charge in [0.2, 0.25) is 0 Å². The third-order valence-corrected chi connectivity index (χ3v) is 0. The third-order valence-electron chi connectivity index (χ3n) is 0. The van der Waals surface area contributed by atoms with Crippen molar-refractivity contribution in [1.29, 1.82) is 0 Å². The number of rotatable bonds is 0. The van der Waals surface area contributed by atoms with E-state index >= 15 is 0 Å². The topological polar surface area (TPSA) is 172 Å². The molecule has 0 aromatic carbocycles. The van der Waals surface area contributed by atoms with Gasteiger partial charge in [0.05, 0.1) is 0 Å². The molecule has 0 bridgehead atoms. The second kappa shape index (κ2) is 9.30. The van der Waals surface area contributed by atoms with Gasteiger partial charge in [-0.3, -0.25) is 0 Å². The summed E-state index contributed by atoms with van der Waals surface area (Å²) in [4.78, 5) is 51.3. The molecular weight excluding hydrogens is 269 g/mol. The molecule has 12 heteroatoms. The summed E-state index contributed by atoms with van der Waals surface area (Å²) in [6.45, 7) is 0. The van der Waals surface area contributed by atoms with Crippen LogP contribution in [0.25, 0.3) is 0 Å². The van der Waals surface area contributed by atoms with Gasteiger partial charge in [-0.1, -0.05) is 0 Å². The predicted octanol–water partition coefficient (Wildman–Crippen LogP) is -8.65. The molecule has 0 unspecified atom stereocenters. The molecule has 0 aromatic heterocycles. The summed E-state index contributed by atoms with van der Waals surface area (Å²) < 4.78 is 17.1. The second-order valence-electron chi connectivity index (χ2n) is 0.894. The fraction of sp³-hybridized carbons (Fsp3) is 0. The van der Waals surface area contributed by atoms with E-state index in [2.05, 4.69) is 0 Å². The number of phosphoric acid groups is 2. The molecule has 0 aliphatic carbocycles. The van der Waals surface area contributed by atoms with Gasteiger partial charge in [0.25, 0.3) is 0 Å². The van der Waals surface area contributed by atoms with Crippen LogP contribution < -0.4 is 58.9 Å². The Hall–Kier alpha value is 1.74. The minimum absolute atomic E-state index is 0. The van der Waals surface area contributed by atoms with E-state index in [4.69, 9.17) is 38.5 Å². The molecule has 0 heterocycles. The fourth-order valence-corrected chi connectivity index (χ4v) is 0. The van der Waals surface area contributed by atoms with E-state index < -0.39 is 15.6 Å². The molecule has 70 valence electrons. The Kier molecular flexibility index (Phi) is 18.2. The molecule has 8 nitrogen and oxygen atoms in total. The molecular formula is FeNaO8P2-3. The van der Waals surface area contributed by atoms with Crippen LogP contribution in [-0.2, 0) is 26.2 Å². The van der Waals surface area contributed by atoms with E-state index in [1.807, 2.05) is 0 Å². The molecule has 0 saturated carbocycles. The van der Waals surface area contributed by atoms with Crippen molar-refractivity contribution in [2.45, 2.75) is 0 Å². The first-order valence-corrected chi connectivity index (χ1v) is 4.38. The van der Waals surface area contributed by atoms with Crippen LogP contribution >= 0.6 is 15.6 Å². The minimum Gasteiger partial charge on any atom is -0.822 e.